The Hall–Kier alpha value is -1.62. The van der Waals surface area contributed by atoms with Crippen molar-refractivity contribution in [2.75, 3.05) is 12.3 Å². The molecule has 0 aromatic carbocycles. The highest BCUT2D eigenvalue weighted by Crippen LogP contribution is 2.12. The van der Waals surface area contributed by atoms with Crippen molar-refractivity contribution in [2.24, 2.45) is 0 Å². The van der Waals surface area contributed by atoms with Crippen LogP contribution in [0.25, 0.3) is 6.08 Å². The molecule has 0 fully saturated rings. The number of nitrogen functional groups attached to an aromatic ring is 1. The molecular weight excluding hydrogens is 228 g/mol. The molecule has 0 saturated carbocycles. The van der Waals surface area contributed by atoms with Crippen LogP contribution in [-0.2, 0) is 4.79 Å². The van der Waals surface area contributed by atoms with E-state index in [2.05, 4.69) is 15.3 Å². The minimum absolute atomic E-state index is 0.0382. The molecule has 1 rings (SSSR count). The smallest absolute Gasteiger partial charge is 0.216 e. The molecule has 16 heavy (non-hydrogen) atoms. The Morgan fingerprint density at radius 1 is 1.69 bits per heavy atom. The second-order valence-corrected chi connectivity index (χ2v) is 3.50. The van der Waals surface area contributed by atoms with Crippen molar-refractivity contribution < 1.29 is 4.79 Å². The zero-order chi connectivity index (χ0) is 12.0. The first-order valence-electron chi connectivity index (χ1n) is 4.78. The number of nitrogens with one attached hydrogen (secondary N) is 1. The van der Waals surface area contributed by atoms with Crippen LogP contribution in [-0.4, -0.2) is 22.4 Å². The fraction of sp³-hybridized carbons (Fsp3) is 0.300. The standard InChI is InChI=1S/C10H13ClN4O/c1-7(16)13-5-3-2-4-8-6-14-10(12)9(11)15-8/h2,4,6H,3,5H2,1H3,(H2,12,14)(H,13,16). The van der Waals surface area contributed by atoms with E-state index in [-0.39, 0.29) is 16.9 Å². The number of hydrogen-bond acceptors (Lipinski definition) is 4. The fourth-order valence-electron chi connectivity index (χ4n) is 1.00. The Labute approximate surface area is 98.7 Å². The Kier molecular flexibility index (Phi) is 4.72. The van der Waals surface area contributed by atoms with E-state index in [1.54, 1.807) is 6.08 Å². The number of rotatable bonds is 4. The molecule has 1 aromatic heterocycles. The zero-order valence-electron chi connectivity index (χ0n) is 8.90. The van der Waals surface area contributed by atoms with Crippen LogP contribution in [0, 0.1) is 0 Å². The Balaban J connectivity index is 2.44. The van der Waals surface area contributed by atoms with Gasteiger partial charge in [0, 0.05) is 13.5 Å². The van der Waals surface area contributed by atoms with Gasteiger partial charge in [-0.15, -0.1) is 0 Å². The average Bonchev–Trinajstić information content (AvgIpc) is 2.22. The van der Waals surface area contributed by atoms with Gasteiger partial charge in [0.15, 0.2) is 11.0 Å². The summed E-state index contributed by atoms with van der Waals surface area (Å²) in [7, 11) is 0. The summed E-state index contributed by atoms with van der Waals surface area (Å²) in [5, 5.41) is 2.88. The number of carbonyl (C=O) groups is 1. The number of anilines is 1. The van der Waals surface area contributed by atoms with E-state index in [4.69, 9.17) is 17.3 Å². The molecule has 0 aliphatic rings. The molecule has 0 saturated heterocycles. The molecular formula is C10H13ClN4O. The van der Waals surface area contributed by atoms with Crippen LogP contribution in [0.1, 0.15) is 19.0 Å². The van der Waals surface area contributed by atoms with E-state index in [9.17, 15) is 4.79 Å². The van der Waals surface area contributed by atoms with Gasteiger partial charge in [-0.3, -0.25) is 4.79 Å². The molecule has 86 valence electrons. The number of hydrogen-bond donors (Lipinski definition) is 2. The number of nitrogens with two attached hydrogens (primary N) is 1. The highest BCUT2D eigenvalue weighted by molar-refractivity contribution is 6.31. The average molecular weight is 241 g/mol. The second kappa shape index (κ2) is 6.07. The molecule has 1 aromatic rings. The maximum absolute atomic E-state index is 10.6. The van der Waals surface area contributed by atoms with Crippen LogP contribution >= 0.6 is 11.6 Å². The van der Waals surface area contributed by atoms with Gasteiger partial charge in [0.25, 0.3) is 0 Å². The van der Waals surface area contributed by atoms with E-state index in [0.717, 1.165) is 6.42 Å². The summed E-state index contributed by atoms with van der Waals surface area (Å²) in [5.41, 5.74) is 6.06. The SMILES string of the molecule is CC(=O)NCCC=Cc1cnc(N)c(Cl)n1. The monoisotopic (exact) mass is 240 g/mol. The van der Waals surface area contributed by atoms with Crippen LogP contribution in [0.15, 0.2) is 12.3 Å². The summed E-state index contributed by atoms with van der Waals surface area (Å²) >= 11 is 5.71. The second-order valence-electron chi connectivity index (χ2n) is 3.14. The quantitative estimate of drug-likeness (QED) is 0.777. The molecule has 6 heteroatoms. The lowest BCUT2D eigenvalue weighted by Gasteiger charge is -1.98. The van der Waals surface area contributed by atoms with Crippen molar-refractivity contribution in [2.45, 2.75) is 13.3 Å². The number of halogens is 1. The third-order valence-electron chi connectivity index (χ3n) is 1.75. The van der Waals surface area contributed by atoms with Crippen LogP contribution in [0.2, 0.25) is 5.15 Å². The van der Waals surface area contributed by atoms with Crippen LogP contribution in [0.3, 0.4) is 0 Å². The lowest BCUT2D eigenvalue weighted by molar-refractivity contribution is -0.118. The highest BCUT2D eigenvalue weighted by atomic mass is 35.5. The molecule has 0 radical (unpaired) electrons. The van der Waals surface area contributed by atoms with E-state index < -0.39 is 0 Å². The molecule has 0 spiro atoms. The topological polar surface area (TPSA) is 80.9 Å². The van der Waals surface area contributed by atoms with Crippen LogP contribution < -0.4 is 11.1 Å². The van der Waals surface area contributed by atoms with Crippen molar-refractivity contribution in [1.29, 1.82) is 0 Å². The molecule has 0 bridgehead atoms. The molecule has 0 aliphatic carbocycles. The fourth-order valence-corrected chi connectivity index (χ4v) is 1.15. The zero-order valence-corrected chi connectivity index (χ0v) is 9.66. The molecule has 0 aliphatic heterocycles. The summed E-state index contributed by atoms with van der Waals surface area (Å²) in [4.78, 5) is 18.4. The molecule has 5 nitrogen and oxygen atoms in total. The van der Waals surface area contributed by atoms with Crippen molar-refractivity contribution in [3.8, 4) is 0 Å². The third kappa shape index (κ3) is 4.27. The number of nitrogens with zero attached hydrogens (tertiary/aromatic N) is 2. The maximum Gasteiger partial charge on any atom is 0.216 e. The molecule has 0 unspecified atom stereocenters. The molecule has 0 atom stereocenters. The molecule has 1 amide bonds. The summed E-state index contributed by atoms with van der Waals surface area (Å²) in [6.07, 6.45) is 5.92. The minimum atomic E-state index is -0.0382. The van der Waals surface area contributed by atoms with E-state index in [0.29, 0.717) is 12.2 Å². The first-order chi connectivity index (χ1) is 7.59. The van der Waals surface area contributed by atoms with E-state index >= 15 is 0 Å². The highest BCUT2D eigenvalue weighted by Gasteiger charge is 1.98. The summed E-state index contributed by atoms with van der Waals surface area (Å²) in [6.45, 7) is 2.08. The van der Waals surface area contributed by atoms with Crippen molar-refractivity contribution in [1.82, 2.24) is 15.3 Å². The lowest BCUT2D eigenvalue weighted by atomic mass is 10.3. The number of amides is 1. The van der Waals surface area contributed by atoms with Crippen molar-refractivity contribution >= 4 is 29.4 Å². The lowest BCUT2D eigenvalue weighted by Crippen LogP contribution is -2.20. The van der Waals surface area contributed by atoms with Gasteiger partial charge in [-0.05, 0) is 12.5 Å². The van der Waals surface area contributed by atoms with Crippen LogP contribution in [0.5, 0.6) is 0 Å². The Morgan fingerprint density at radius 3 is 3.06 bits per heavy atom. The first-order valence-corrected chi connectivity index (χ1v) is 5.16. The largest absolute Gasteiger partial charge is 0.381 e. The Morgan fingerprint density at radius 2 is 2.44 bits per heavy atom. The maximum atomic E-state index is 10.6. The predicted molar refractivity (Wildman–Crippen MR) is 63.8 cm³/mol. The molecule has 3 N–H and O–H groups in total. The van der Waals surface area contributed by atoms with Gasteiger partial charge < -0.3 is 11.1 Å². The van der Waals surface area contributed by atoms with E-state index in [1.807, 2.05) is 6.08 Å². The van der Waals surface area contributed by atoms with Gasteiger partial charge in [-0.1, -0.05) is 17.7 Å². The predicted octanol–water partition coefficient (Wildman–Crippen LogP) is 1.25. The van der Waals surface area contributed by atoms with Gasteiger partial charge in [-0.2, -0.15) is 0 Å². The Bertz CT molecular complexity index is 406. The van der Waals surface area contributed by atoms with Crippen molar-refractivity contribution in [3.05, 3.63) is 23.1 Å². The summed E-state index contributed by atoms with van der Waals surface area (Å²) in [5.74, 6) is 0.181. The van der Waals surface area contributed by atoms with Crippen LogP contribution in [0.4, 0.5) is 5.82 Å². The minimum Gasteiger partial charge on any atom is -0.381 e. The third-order valence-corrected chi connectivity index (χ3v) is 2.03. The summed E-state index contributed by atoms with van der Waals surface area (Å²) in [6, 6.07) is 0. The number of carbonyl (C=O) groups excluding carboxylic acids is 1. The van der Waals surface area contributed by atoms with Gasteiger partial charge in [0.1, 0.15) is 0 Å². The van der Waals surface area contributed by atoms with Gasteiger partial charge >= 0.3 is 0 Å². The first kappa shape index (κ1) is 12.4. The van der Waals surface area contributed by atoms with Gasteiger partial charge in [-0.25, -0.2) is 9.97 Å². The normalized spacial score (nSPS) is 10.6. The van der Waals surface area contributed by atoms with Gasteiger partial charge in [0.2, 0.25) is 5.91 Å². The molecule has 1 heterocycles. The summed E-state index contributed by atoms with van der Waals surface area (Å²) < 4.78 is 0. The van der Waals surface area contributed by atoms with E-state index in [1.165, 1.54) is 13.1 Å². The number of aromatic nitrogens is 2. The van der Waals surface area contributed by atoms with Crippen molar-refractivity contribution in [3.63, 3.8) is 0 Å². The van der Waals surface area contributed by atoms with Gasteiger partial charge in [0.05, 0.1) is 11.9 Å².